The fraction of sp³-hybridized carbons (Fsp3) is 0.550. The summed E-state index contributed by atoms with van der Waals surface area (Å²) < 4.78 is 2.08. The van der Waals surface area contributed by atoms with E-state index in [2.05, 4.69) is 43.2 Å². The van der Waals surface area contributed by atoms with Gasteiger partial charge in [-0.25, -0.2) is 4.98 Å². The maximum absolute atomic E-state index is 12.0. The van der Waals surface area contributed by atoms with E-state index in [0.29, 0.717) is 6.54 Å². The second-order valence-corrected chi connectivity index (χ2v) is 7.83. The maximum Gasteiger partial charge on any atom is 0.223 e. The molecule has 0 bridgehead atoms. The molecule has 1 saturated carbocycles. The summed E-state index contributed by atoms with van der Waals surface area (Å²) in [5.41, 5.74) is 3.39. The summed E-state index contributed by atoms with van der Waals surface area (Å²) in [6, 6.07) is 6.34. The number of nitrogens with one attached hydrogen (secondary N) is 1. The summed E-state index contributed by atoms with van der Waals surface area (Å²) in [4.78, 5) is 20.9. The van der Waals surface area contributed by atoms with E-state index in [1.54, 1.807) is 0 Å². The molecule has 7 heteroatoms. The highest BCUT2D eigenvalue weighted by molar-refractivity contribution is 5.79. The van der Waals surface area contributed by atoms with Crippen LogP contribution in [0.2, 0.25) is 0 Å². The highest BCUT2D eigenvalue weighted by atomic mass is 16.1. The van der Waals surface area contributed by atoms with Gasteiger partial charge in [0.25, 0.3) is 0 Å². The van der Waals surface area contributed by atoms with E-state index < -0.39 is 0 Å². The number of pyridine rings is 1. The Morgan fingerprint density at radius 2 is 2.15 bits per heavy atom. The molecule has 2 aromatic rings. The largest absolute Gasteiger partial charge is 0.363 e. The molecule has 0 unspecified atom stereocenters. The monoisotopic (exact) mass is 368 g/mol. The van der Waals surface area contributed by atoms with Crippen molar-refractivity contribution in [1.29, 1.82) is 0 Å². The molecular weight excluding hydrogens is 340 g/mol. The molecule has 27 heavy (non-hydrogen) atoms. The molecule has 1 aliphatic heterocycles. The number of hydrogen-bond donors (Lipinski definition) is 1. The third-order valence-electron chi connectivity index (χ3n) is 5.52. The van der Waals surface area contributed by atoms with Gasteiger partial charge >= 0.3 is 0 Å². The van der Waals surface area contributed by atoms with E-state index in [0.717, 1.165) is 50.5 Å². The van der Waals surface area contributed by atoms with Crippen LogP contribution < -0.4 is 10.2 Å². The summed E-state index contributed by atoms with van der Waals surface area (Å²) in [6.45, 7) is 4.15. The fourth-order valence-corrected chi connectivity index (χ4v) is 3.63. The van der Waals surface area contributed by atoms with Gasteiger partial charge in [-0.2, -0.15) is 5.10 Å². The van der Waals surface area contributed by atoms with Crippen molar-refractivity contribution >= 4 is 11.7 Å². The first-order valence-electron chi connectivity index (χ1n) is 9.76. The topological polar surface area (TPSA) is 66.3 Å². The van der Waals surface area contributed by atoms with E-state index in [-0.39, 0.29) is 11.8 Å². The zero-order chi connectivity index (χ0) is 18.8. The second kappa shape index (κ2) is 7.68. The molecule has 1 amide bonds. The van der Waals surface area contributed by atoms with E-state index in [1.165, 1.54) is 17.7 Å². The number of carbonyl (C=O) groups is 1. The molecule has 144 valence electrons. The minimum atomic E-state index is 0.183. The first kappa shape index (κ1) is 18.0. The fourth-order valence-electron chi connectivity index (χ4n) is 3.63. The van der Waals surface area contributed by atoms with Crippen molar-refractivity contribution < 1.29 is 4.79 Å². The van der Waals surface area contributed by atoms with E-state index in [1.807, 2.05) is 25.2 Å². The number of rotatable bonds is 6. The first-order valence-corrected chi connectivity index (χ1v) is 9.76. The standard InChI is InChI=1S/C20H28N6O/c1-24(2)19-7-6-15(11-21-19)13-25-8-9-26-18(14-25)10-17(23-26)12-22-20(27)16-4-3-5-16/h6-7,10-11,16H,3-5,8-9,12-14H2,1-2H3,(H,22,27). The molecule has 1 fully saturated rings. The van der Waals surface area contributed by atoms with Gasteiger partial charge in [0.1, 0.15) is 5.82 Å². The van der Waals surface area contributed by atoms with Gasteiger partial charge in [-0.15, -0.1) is 0 Å². The smallest absolute Gasteiger partial charge is 0.223 e. The molecule has 2 aromatic heterocycles. The average Bonchev–Trinajstić information content (AvgIpc) is 3.01. The van der Waals surface area contributed by atoms with Crippen molar-refractivity contribution in [2.24, 2.45) is 5.92 Å². The lowest BCUT2D eigenvalue weighted by Crippen LogP contribution is -2.34. The van der Waals surface area contributed by atoms with Crippen LogP contribution in [-0.4, -0.2) is 46.2 Å². The second-order valence-electron chi connectivity index (χ2n) is 7.83. The van der Waals surface area contributed by atoms with E-state index in [4.69, 9.17) is 0 Å². The molecule has 4 rings (SSSR count). The molecule has 1 N–H and O–H groups in total. The minimum absolute atomic E-state index is 0.183. The van der Waals surface area contributed by atoms with Gasteiger partial charge in [0.05, 0.1) is 24.5 Å². The minimum Gasteiger partial charge on any atom is -0.363 e. The van der Waals surface area contributed by atoms with Crippen LogP contribution in [0, 0.1) is 5.92 Å². The summed E-state index contributed by atoms with van der Waals surface area (Å²) in [6.07, 6.45) is 5.21. The predicted octanol–water partition coefficient (Wildman–Crippen LogP) is 1.78. The summed E-state index contributed by atoms with van der Waals surface area (Å²) in [7, 11) is 4.00. The van der Waals surface area contributed by atoms with Crippen LogP contribution in [0.1, 0.15) is 36.2 Å². The molecule has 0 radical (unpaired) electrons. The van der Waals surface area contributed by atoms with Crippen molar-refractivity contribution in [3.05, 3.63) is 41.3 Å². The predicted molar refractivity (Wildman–Crippen MR) is 104 cm³/mol. The lowest BCUT2D eigenvalue weighted by molar-refractivity contribution is -0.127. The van der Waals surface area contributed by atoms with Crippen LogP contribution in [-0.2, 0) is 31.0 Å². The van der Waals surface area contributed by atoms with Crippen molar-refractivity contribution in [3.8, 4) is 0 Å². The summed E-state index contributed by atoms with van der Waals surface area (Å²) >= 11 is 0. The Hall–Kier alpha value is -2.41. The van der Waals surface area contributed by atoms with Crippen LogP contribution in [0.15, 0.2) is 24.4 Å². The normalized spacial score (nSPS) is 17.3. The zero-order valence-electron chi connectivity index (χ0n) is 16.2. The third kappa shape index (κ3) is 4.13. The Kier molecular flexibility index (Phi) is 5.11. The van der Waals surface area contributed by atoms with Crippen molar-refractivity contribution in [2.75, 3.05) is 25.5 Å². The Bertz CT molecular complexity index is 793. The Morgan fingerprint density at radius 3 is 2.81 bits per heavy atom. The summed E-state index contributed by atoms with van der Waals surface area (Å²) in [5, 5.41) is 7.69. The SMILES string of the molecule is CN(C)c1ccc(CN2CCn3nc(CNC(=O)C4CCC4)cc3C2)cn1. The highest BCUT2D eigenvalue weighted by Gasteiger charge is 2.25. The lowest BCUT2D eigenvalue weighted by Gasteiger charge is -2.27. The van der Waals surface area contributed by atoms with Gasteiger partial charge in [0.2, 0.25) is 5.91 Å². The number of aromatic nitrogens is 3. The molecule has 0 atom stereocenters. The molecule has 2 aliphatic rings. The molecular formula is C20H28N6O. The third-order valence-corrected chi connectivity index (χ3v) is 5.52. The summed E-state index contributed by atoms with van der Waals surface area (Å²) in [5.74, 6) is 1.39. The van der Waals surface area contributed by atoms with Crippen LogP contribution in [0.25, 0.3) is 0 Å². The molecule has 0 saturated heterocycles. The zero-order valence-corrected chi connectivity index (χ0v) is 16.2. The van der Waals surface area contributed by atoms with Crippen molar-refractivity contribution in [1.82, 2.24) is 25.0 Å². The highest BCUT2D eigenvalue weighted by Crippen LogP contribution is 2.26. The van der Waals surface area contributed by atoms with Crippen LogP contribution in [0.4, 0.5) is 5.82 Å². The van der Waals surface area contributed by atoms with Crippen molar-refractivity contribution in [3.63, 3.8) is 0 Å². The number of fused-ring (bicyclic) bond motifs is 1. The molecule has 3 heterocycles. The number of hydrogen-bond acceptors (Lipinski definition) is 5. The van der Waals surface area contributed by atoms with Crippen molar-refractivity contribution in [2.45, 2.75) is 45.4 Å². The maximum atomic E-state index is 12.0. The van der Waals surface area contributed by atoms with Gasteiger partial charge in [-0.1, -0.05) is 12.5 Å². The molecule has 7 nitrogen and oxygen atoms in total. The number of nitrogens with zero attached hydrogens (tertiary/aromatic N) is 5. The van der Waals surface area contributed by atoms with Gasteiger partial charge in [-0.05, 0) is 30.5 Å². The van der Waals surface area contributed by atoms with Gasteiger partial charge in [0, 0.05) is 45.8 Å². The number of amides is 1. The quantitative estimate of drug-likeness (QED) is 0.842. The Morgan fingerprint density at radius 1 is 1.30 bits per heavy atom. The van der Waals surface area contributed by atoms with E-state index in [9.17, 15) is 4.79 Å². The van der Waals surface area contributed by atoms with Gasteiger partial charge in [0.15, 0.2) is 0 Å². The van der Waals surface area contributed by atoms with E-state index >= 15 is 0 Å². The Balaban J connectivity index is 1.32. The van der Waals surface area contributed by atoms with Gasteiger partial charge in [-0.3, -0.25) is 14.4 Å². The molecule has 0 spiro atoms. The molecule has 1 aliphatic carbocycles. The average molecular weight is 368 g/mol. The lowest BCUT2D eigenvalue weighted by atomic mass is 9.85. The Labute approximate surface area is 160 Å². The van der Waals surface area contributed by atoms with Crippen LogP contribution in [0.5, 0.6) is 0 Å². The first-order chi connectivity index (χ1) is 13.1. The van der Waals surface area contributed by atoms with Crippen LogP contribution in [0.3, 0.4) is 0 Å². The number of carbonyl (C=O) groups excluding carboxylic acids is 1. The van der Waals surface area contributed by atoms with Crippen LogP contribution >= 0.6 is 0 Å². The molecule has 0 aromatic carbocycles. The van der Waals surface area contributed by atoms with Gasteiger partial charge < -0.3 is 10.2 Å². The number of anilines is 1.